The number of quaternary nitrogens is 1. The molecule has 3 unspecified atom stereocenters. The van der Waals surface area contributed by atoms with Crippen molar-refractivity contribution in [3.05, 3.63) is 72.9 Å². The third-order valence-electron chi connectivity index (χ3n) is 16.1. The Hall–Kier alpha value is -2.55. The van der Waals surface area contributed by atoms with Gasteiger partial charge >= 0.3 is 13.8 Å². The van der Waals surface area contributed by atoms with Gasteiger partial charge in [0, 0.05) is 12.8 Å². The minimum Gasteiger partial charge on any atom is -0.456 e. The molecule has 0 aliphatic rings. The van der Waals surface area contributed by atoms with Crippen molar-refractivity contribution in [2.24, 2.45) is 0 Å². The van der Waals surface area contributed by atoms with Crippen LogP contribution in [0.5, 0.6) is 0 Å². The molecule has 0 fully saturated rings. The Bertz CT molecular complexity index is 1680. The maximum absolute atomic E-state index is 13.6. The summed E-state index contributed by atoms with van der Waals surface area (Å²) in [4.78, 5) is 38.0. The molecule has 0 aliphatic carbocycles. The van der Waals surface area contributed by atoms with Crippen LogP contribution in [-0.2, 0) is 27.9 Å². The Morgan fingerprint density at radius 3 is 1.09 bits per heavy atom. The fraction of sp³-hybridized carbons (Fsp3) is 0.813. The van der Waals surface area contributed by atoms with Gasteiger partial charge in [-0.25, -0.2) is 4.57 Å². The molecule has 85 heavy (non-hydrogen) atoms. The average Bonchev–Trinajstić information content (AvgIpc) is 3.52. The predicted molar refractivity (Wildman–Crippen MR) is 369 cm³/mol. The Morgan fingerprint density at radius 2 is 0.718 bits per heavy atom. The highest BCUT2D eigenvalue weighted by molar-refractivity contribution is 7.47. The van der Waals surface area contributed by atoms with E-state index in [1.807, 2.05) is 33.3 Å². The third kappa shape index (κ3) is 65.7. The first kappa shape index (κ1) is 82.5. The molecule has 2 N–H and O–H groups in total. The normalized spacial score (nSPS) is 13.9. The highest BCUT2D eigenvalue weighted by atomic mass is 31.2. The lowest BCUT2D eigenvalue weighted by atomic mass is 10.0. The Morgan fingerprint density at radius 1 is 0.412 bits per heavy atom. The van der Waals surface area contributed by atoms with Gasteiger partial charge in [0.25, 0.3) is 0 Å². The molecule has 0 rings (SSSR count). The number of unbranched alkanes of at least 4 members (excludes halogenated alkanes) is 40. The molecule has 0 radical (unpaired) electrons. The maximum atomic E-state index is 13.6. The van der Waals surface area contributed by atoms with E-state index in [0.717, 1.165) is 77.0 Å². The number of hydrogen-bond donors (Lipinski definition) is 2. The van der Waals surface area contributed by atoms with E-state index in [-0.39, 0.29) is 31.5 Å². The number of likely N-dealkylation sites (N-methyl/N-ethyl adjacent to an activating group) is 1. The van der Waals surface area contributed by atoms with E-state index in [2.05, 4.69) is 86.8 Å². The van der Waals surface area contributed by atoms with Gasteiger partial charge in [0.15, 0.2) is 0 Å². The van der Waals surface area contributed by atoms with Crippen molar-refractivity contribution in [1.82, 2.24) is 5.32 Å². The van der Waals surface area contributed by atoms with Crippen molar-refractivity contribution < 1.29 is 37.3 Å². The van der Waals surface area contributed by atoms with E-state index in [1.54, 1.807) is 0 Å². The zero-order chi connectivity index (χ0) is 62.1. The first-order valence-electron chi connectivity index (χ1n) is 36.3. The van der Waals surface area contributed by atoms with Gasteiger partial charge in [-0.15, -0.1) is 0 Å². The highest BCUT2D eigenvalue weighted by Crippen LogP contribution is 2.43. The largest absolute Gasteiger partial charge is 0.472 e. The number of phosphoric acid groups is 1. The molecule has 0 aromatic heterocycles. The van der Waals surface area contributed by atoms with Crippen LogP contribution < -0.4 is 5.32 Å². The molecule has 0 aliphatic heterocycles. The Labute approximate surface area is 527 Å². The minimum atomic E-state index is -4.46. The summed E-state index contributed by atoms with van der Waals surface area (Å²) in [5, 5.41) is 3.08. The lowest BCUT2D eigenvalue weighted by Gasteiger charge is -2.27. The van der Waals surface area contributed by atoms with E-state index in [1.165, 1.54) is 231 Å². The molecule has 0 saturated carbocycles. The quantitative estimate of drug-likeness (QED) is 0.0205. The summed E-state index contributed by atoms with van der Waals surface area (Å²) in [5.41, 5.74) is 0. The zero-order valence-corrected chi connectivity index (χ0v) is 57.7. The van der Waals surface area contributed by atoms with Gasteiger partial charge in [-0.1, -0.05) is 299 Å². The van der Waals surface area contributed by atoms with E-state index in [9.17, 15) is 19.0 Å². The molecule has 0 saturated heterocycles. The van der Waals surface area contributed by atoms with Crippen molar-refractivity contribution in [2.75, 3.05) is 40.9 Å². The first-order valence-corrected chi connectivity index (χ1v) is 37.8. The molecule has 1 amide bonds. The molecule has 0 spiro atoms. The number of ether oxygens (including phenoxy) is 1. The summed E-state index contributed by atoms with van der Waals surface area (Å²) >= 11 is 0. The second-order valence-corrected chi connectivity index (χ2v) is 27.2. The summed E-state index contributed by atoms with van der Waals surface area (Å²) in [5.74, 6) is -0.499. The van der Waals surface area contributed by atoms with Crippen LogP contribution in [0.3, 0.4) is 0 Å². The molecule has 3 atom stereocenters. The number of esters is 1. The summed E-state index contributed by atoms with van der Waals surface area (Å²) in [7, 11) is 1.50. The van der Waals surface area contributed by atoms with Crippen LogP contribution in [0.2, 0.25) is 0 Å². The van der Waals surface area contributed by atoms with Gasteiger partial charge in [0.1, 0.15) is 19.3 Å². The van der Waals surface area contributed by atoms with Crippen LogP contribution >= 0.6 is 7.82 Å². The maximum Gasteiger partial charge on any atom is 0.472 e. The minimum absolute atomic E-state index is 0.0386. The van der Waals surface area contributed by atoms with Crippen LogP contribution in [0, 0.1) is 0 Å². The lowest BCUT2D eigenvalue weighted by molar-refractivity contribution is -0.870. The monoisotopic (exact) mass is 1210 g/mol. The molecule has 0 aromatic rings. The second-order valence-electron chi connectivity index (χ2n) is 25.8. The van der Waals surface area contributed by atoms with Crippen molar-refractivity contribution >= 4 is 19.7 Å². The summed E-state index contributed by atoms with van der Waals surface area (Å²) in [6, 6.07) is -0.853. The number of phosphoric ester groups is 1. The molecule has 9 nitrogen and oxygen atoms in total. The lowest BCUT2D eigenvalue weighted by Crippen LogP contribution is -2.47. The number of hydrogen-bond acceptors (Lipinski definition) is 6. The Kier molecular flexibility index (Phi) is 62.5. The van der Waals surface area contributed by atoms with Crippen molar-refractivity contribution in [1.29, 1.82) is 0 Å². The predicted octanol–water partition coefficient (Wildman–Crippen LogP) is 23.1. The number of nitrogens with one attached hydrogen (secondary N) is 1. The molecular formula is C75H140N2O7P+. The van der Waals surface area contributed by atoms with Crippen molar-refractivity contribution in [3.63, 3.8) is 0 Å². The first-order chi connectivity index (χ1) is 41.4. The summed E-state index contributed by atoms with van der Waals surface area (Å²) in [6.07, 6.45) is 84.8. The van der Waals surface area contributed by atoms with Crippen LogP contribution in [-0.4, -0.2) is 74.3 Å². The number of carbonyl (C=O) groups is 2. The van der Waals surface area contributed by atoms with Crippen LogP contribution in [0.4, 0.5) is 0 Å². The second kappa shape index (κ2) is 64.4. The van der Waals surface area contributed by atoms with E-state index in [4.69, 9.17) is 13.8 Å². The van der Waals surface area contributed by atoms with Crippen LogP contribution in [0.25, 0.3) is 0 Å². The number of amides is 1. The van der Waals surface area contributed by atoms with Crippen LogP contribution in [0.15, 0.2) is 72.9 Å². The molecule has 10 heteroatoms. The van der Waals surface area contributed by atoms with Gasteiger partial charge in [-0.05, 0) is 102 Å². The molecule has 496 valence electrons. The van der Waals surface area contributed by atoms with Gasteiger partial charge in [0.05, 0.1) is 33.8 Å². The van der Waals surface area contributed by atoms with Gasteiger partial charge in [0.2, 0.25) is 5.91 Å². The fourth-order valence-corrected chi connectivity index (χ4v) is 11.2. The molecule has 0 aromatic carbocycles. The standard InChI is InChI=1S/C75H139N2O7P/c1-7-10-13-16-19-22-25-28-30-32-34-36-38-40-42-44-46-49-52-55-58-61-64-67-74(78)76-72(71-83-85(80,81)82-70-69-77(4,5)6)73(66-63-60-57-54-51-48-27-24-21-18-15-12-9-3)84-75(79)68-65-62-59-56-53-50-47-45-43-41-39-37-35-33-31-29-26-23-20-17-14-11-8-2/h19-20,22-23,28-31,35,37,63,66,72-73H,7-18,21,24-27,32-34,36,38-62,64-65,67-71H2,1-6H3,(H-,76,78,80,81)/p+1/b22-19-,23-20-,30-28-,31-29-,37-35-,66-63+. The van der Waals surface area contributed by atoms with Crippen LogP contribution in [0.1, 0.15) is 342 Å². The smallest absolute Gasteiger partial charge is 0.456 e. The summed E-state index contributed by atoms with van der Waals surface area (Å²) < 4.78 is 30.9. The van der Waals surface area contributed by atoms with Gasteiger partial charge < -0.3 is 19.4 Å². The summed E-state index contributed by atoms with van der Waals surface area (Å²) in [6.45, 7) is 7.00. The van der Waals surface area contributed by atoms with Gasteiger partial charge in [-0.2, -0.15) is 0 Å². The van der Waals surface area contributed by atoms with E-state index >= 15 is 0 Å². The molecule has 0 bridgehead atoms. The van der Waals surface area contributed by atoms with E-state index < -0.39 is 20.0 Å². The molecule has 0 heterocycles. The topological polar surface area (TPSA) is 111 Å². The zero-order valence-electron chi connectivity index (χ0n) is 56.9. The number of carbonyl (C=O) groups excluding carboxylic acids is 2. The van der Waals surface area contributed by atoms with Crippen molar-refractivity contribution in [3.8, 4) is 0 Å². The third-order valence-corrected chi connectivity index (χ3v) is 17.1. The highest BCUT2D eigenvalue weighted by Gasteiger charge is 2.30. The fourth-order valence-electron chi connectivity index (χ4n) is 10.5. The number of allylic oxidation sites excluding steroid dienone is 11. The SMILES string of the molecule is CCCCC/C=C\C/C=C\C/C=C\CCCCCCCCCCCCC(=O)OC(/C=C/CCCCCCCCCCCCC)C(COP(=O)(O)OCC[N+](C)(C)C)NC(=O)CCCCCCCCCCCCCCC/C=C\C/C=C\CCCCC. The van der Waals surface area contributed by atoms with E-state index in [0.29, 0.717) is 17.4 Å². The average molecular weight is 1210 g/mol. The number of rotatable bonds is 66. The van der Waals surface area contributed by atoms with Gasteiger partial charge in [-0.3, -0.25) is 18.6 Å². The number of nitrogens with zero attached hydrogens (tertiary/aromatic N) is 1. The molecular weight excluding hydrogens is 1070 g/mol. The van der Waals surface area contributed by atoms with Crippen molar-refractivity contribution in [2.45, 2.75) is 354 Å². The Balaban J connectivity index is 5.10.